The quantitative estimate of drug-likeness (QED) is 0.0541. The summed E-state index contributed by atoms with van der Waals surface area (Å²) in [6.45, 7) is 8.08. The first-order chi connectivity index (χ1) is 33.0. The van der Waals surface area contributed by atoms with Crippen LogP contribution in [0.25, 0.3) is 16.6 Å². The number of sulfonamides is 1. The fourth-order valence-corrected chi connectivity index (χ4v) is 11.5. The highest BCUT2D eigenvalue weighted by Crippen LogP contribution is 2.46. The molecular formula is C48H53ClF3N7O9S2. The number of pyridine rings is 1. The van der Waals surface area contributed by atoms with Crippen LogP contribution in [0.2, 0.25) is 5.02 Å². The highest BCUT2D eigenvalue weighted by atomic mass is 35.5. The van der Waals surface area contributed by atoms with Crippen molar-refractivity contribution in [2.45, 2.75) is 56.7 Å². The molecule has 3 aliphatic rings. The number of hydrogen-bond donors (Lipinski definition) is 2. The molecular weight excluding hydrogens is 975 g/mol. The van der Waals surface area contributed by atoms with Gasteiger partial charge in [-0.25, -0.2) is 21.8 Å². The number of aromatic nitrogens is 2. The summed E-state index contributed by atoms with van der Waals surface area (Å²) in [5, 5.41) is 15.9. The van der Waals surface area contributed by atoms with Gasteiger partial charge in [-0.1, -0.05) is 37.1 Å². The number of sulfone groups is 1. The Labute approximate surface area is 408 Å². The largest absolute Gasteiger partial charge is 0.455 e. The van der Waals surface area contributed by atoms with E-state index in [0.29, 0.717) is 68.2 Å². The minimum Gasteiger partial charge on any atom is -0.455 e. The molecule has 22 heteroatoms. The van der Waals surface area contributed by atoms with Crippen molar-refractivity contribution in [2.75, 3.05) is 81.2 Å². The van der Waals surface area contributed by atoms with Crippen LogP contribution in [-0.2, 0) is 30.8 Å². The molecule has 1 atom stereocenters. The number of benzene rings is 3. The number of hydrogen-bond acceptors (Lipinski definition) is 13. The number of carbonyl (C=O) groups is 1. The molecule has 0 bridgehead atoms. The lowest BCUT2D eigenvalue weighted by Crippen LogP contribution is -2.47. The number of nitrogens with zero attached hydrogens (tertiary/aromatic N) is 5. The van der Waals surface area contributed by atoms with Gasteiger partial charge < -0.3 is 24.7 Å². The van der Waals surface area contributed by atoms with Crippen LogP contribution in [0.5, 0.6) is 11.5 Å². The van der Waals surface area contributed by atoms with Gasteiger partial charge in [0.25, 0.3) is 5.69 Å². The summed E-state index contributed by atoms with van der Waals surface area (Å²) in [6.07, 6.45) is 2.04. The van der Waals surface area contributed by atoms with Crippen LogP contribution in [0.1, 0.15) is 61.0 Å². The number of rotatable bonds is 16. The second-order valence-corrected chi connectivity index (χ2v) is 23.1. The fourth-order valence-electron chi connectivity index (χ4n) is 9.16. The predicted octanol–water partition coefficient (Wildman–Crippen LogP) is 8.84. The highest BCUT2D eigenvalue weighted by molar-refractivity contribution is 7.92. The molecule has 0 amide bonds. The number of morpholine rings is 1. The lowest BCUT2D eigenvalue weighted by atomic mass is 9.72. The molecule has 2 aliphatic heterocycles. The number of anilines is 2. The van der Waals surface area contributed by atoms with E-state index >= 15 is 0 Å². The van der Waals surface area contributed by atoms with E-state index in [1.807, 2.05) is 0 Å². The molecule has 4 heterocycles. The molecule has 2 saturated heterocycles. The van der Waals surface area contributed by atoms with E-state index in [-0.39, 0.29) is 53.7 Å². The van der Waals surface area contributed by atoms with E-state index in [9.17, 15) is 44.9 Å². The lowest BCUT2D eigenvalue weighted by molar-refractivity contribution is -0.384. The Bertz CT molecular complexity index is 3070. The highest BCUT2D eigenvalue weighted by Gasteiger charge is 2.34. The van der Waals surface area contributed by atoms with E-state index in [4.69, 9.17) is 21.1 Å². The van der Waals surface area contributed by atoms with Crippen LogP contribution < -0.4 is 15.0 Å². The fraction of sp³-hybridized carbons (Fsp3) is 0.417. The van der Waals surface area contributed by atoms with E-state index in [0.717, 1.165) is 53.8 Å². The van der Waals surface area contributed by atoms with Crippen molar-refractivity contribution in [3.63, 3.8) is 0 Å². The van der Waals surface area contributed by atoms with Gasteiger partial charge in [0.1, 0.15) is 28.6 Å². The zero-order valence-electron chi connectivity index (χ0n) is 38.7. The summed E-state index contributed by atoms with van der Waals surface area (Å²) in [6, 6.07) is 15.3. The number of nitrogens with one attached hydrogen (secondary N) is 2. The molecule has 0 saturated carbocycles. The van der Waals surface area contributed by atoms with Gasteiger partial charge in [0, 0.05) is 86.8 Å². The third-order valence-corrected chi connectivity index (χ3v) is 16.2. The number of carbonyl (C=O) groups excluding carboxylic acids is 1. The molecule has 8 rings (SSSR count). The van der Waals surface area contributed by atoms with Crippen LogP contribution in [0.4, 0.5) is 30.2 Å². The first-order valence-electron chi connectivity index (χ1n) is 22.7. The topological polar surface area (TPSA) is 197 Å². The Balaban J connectivity index is 0.982. The molecule has 0 unspecified atom stereocenters. The summed E-state index contributed by atoms with van der Waals surface area (Å²) in [5.74, 6) is -1.46. The normalized spacial score (nSPS) is 18.6. The summed E-state index contributed by atoms with van der Waals surface area (Å²) in [7, 11) is -7.87. The number of ketones is 1. The Morgan fingerprint density at radius 1 is 1.03 bits per heavy atom. The van der Waals surface area contributed by atoms with Crippen LogP contribution >= 0.6 is 11.6 Å². The number of fused-ring (bicyclic) bond motifs is 1. The number of H-pyrrole nitrogens is 1. The monoisotopic (exact) mass is 1030 g/mol. The maximum absolute atomic E-state index is 14.1. The number of allylic oxidation sites excluding steroid dienone is 1. The van der Waals surface area contributed by atoms with E-state index in [1.165, 1.54) is 34.8 Å². The summed E-state index contributed by atoms with van der Waals surface area (Å²) < 4.78 is 106. The molecule has 2 aromatic heterocycles. The number of nitro groups is 1. The van der Waals surface area contributed by atoms with Gasteiger partial charge in [0.05, 0.1) is 46.1 Å². The third-order valence-electron chi connectivity index (χ3n) is 13.0. The maximum atomic E-state index is 14.1. The zero-order valence-corrected chi connectivity index (χ0v) is 41.1. The molecule has 374 valence electrons. The number of aromatic amines is 1. The molecule has 5 aromatic rings. The van der Waals surface area contributed by atoms with Crippen LogP contribution in [-0.4, -0.2) is 124 Å². The molecule has 2 fully saturated rings. The average molecular weight is 1030 g/mol. The van der Waals surface area contributed by atoms with Crippen molar-refractivity contribution in [1.29, 1.82) is 0 Å². The maximum Gasteiger partial charge on any atom is 0.416 e. The Morgan fingerprint density at radius 3 is 2.51 bits per heavy atom. The standard InChI is InChI=1S/C48H53ClF3N7O9S2/c1-47(2)13-10-32(40(26-47)38-7-4-33(23-41(38)49)48(50,51)52)28-56-16-18-57(19-17-56)34-5-8-39(45(24-34)68-36-22-31-11-14-54-46(31)55-27-36)44(60)30-70(65,66)37-6-9-42(43(25-37)59(61)62)53-15-12-35-29-58(20-21-67-35)69(3,63)64/h4-9,11,14,22-25,27,35,53H,10,12-13,15-21,26,28-30H2,1-3H3,(H,54,55)/t35-/m1/s1. The molecule has 16 nitrogen and oxygen atoms in total. The first kappa shape index (κ1) is 50.8. The van der Waals surface area contributed by atoms with Gasteiger partial charge in [0.2, 0.25) is 10.0 Å². The smallest absolute Gasteiger partial charge is 0.416 e. The summed E-state index contributed by atoms with van der Waals surface area (Å²) in [4.78, 5) is 36.9. The number of nitro benzene ring substituents is 1. The van der Waals surface area contributed by atoms with Gasteiger partial charge in [-0.3, -0.25) is 19.8 Å². The zero-order chi connectivity index (χ0) is 50.2. The molecule has 70 heavy (non-hydrogen) atoms. The van der Waals surface area contributed by atoms with Crippen molar-refractivity contribution < 1.29 is 49.2 Å². The van der Waals surface area contributed by atoms with Crippen LogP contribution in [0.3, 0.4) is 0 Å². The third kappa shape index (κ3) is 11.9. The molecule has 0 spiro atoms. The molecule has 3 aromatic carbocycles. The molecule has 0 radical (unpaired) electrons. The second kappa shape index (κ2) is 20.3. The van der Waals surface area contributed by atoms with Gasteiger partial charge >= 0.3 is 6.18 Å². The van der Waals surface area contributed by atoms with Gasteiger partial charge in [-0.2, -0.15) is 17.5 Å². The lowest BCUT2D eigenvalue weighted by Gasteiger charge is -2.39. The molecule has 2 N–H and O–H groups in total. The van der Waals surface area contributed by atoms with Crippen molar-refractivity contribution in [3.8, 4) is 11.5 Å². The van der Waals surface area contributed by atoms with E-state index < -0.39 is 64.7 Å². The van der Waals surface area contributed by atoms with Crippen LogP contribution in [0.15, 0.2) is 89.6 Å². The summed E-state index contributed by atoms with van der Waals surface area (Å²) >= 11 is 6.54. The number of alkyl halides is 3. The Kier molecular flexibility index (Phi) is 14.7. The van der Waals surface area contributed by atoms with E-state index in [1.54, 1.807) is 30.5 Å². The Morgan fingerprint density at radius 2 is 1.80 bits per heavy atom. The average Bonchev–Trinajstić information content (AvgIpc) is 3.77. The van der Waals surface area contributed by atoms with Crippen molar-refractivity contribution in [1.82, 2.24) is 19.2 Å². The number of ether oxygens (including phenoxy) is 2. The van der Waals surface area contributed by atoms with Crippen molar-refractivity contribution in [3.05, 3.63) is 117 Å². The van der Waals surface area contributed by atoms with Gasteiger partial charge in [-0.05, 0) is 90.8 Å². The number of halogens is 4. The SMILES string of the molecule is CC1(C)CCC(CN2CCN(c3ccc(C(=O)CS(=O)(=O)c4ccc(NCC[C@@H]5CN(S(C)(=O)=O)CCO5)c([N+](=O)[O-])c4)c(Oc4cnc5[nH]ccc5c4)c3)CC2)=C(c2ccc(C(F)(F)F)cc2Cl)C1. The first-order valence-corrected chi connectivity index (χ1v) is 26.6. The van der Waals surface area contributed by atoms with E-state index in [2.05, 4.69) is 38.9 Å². The number of piperazine rings is 1. The Hall–Kier alpha value is -5.58. The van der Waals surface area contributed by atoms with Crippen molar-refractivity contribution in [2.24, 2.45) is 5.41 Å². The minimum atomic E-state index is -4.51. The minimum absolute atomic E-state index is 0.0334. The van der Waals surface area contributed by atoms with Gasteiger partial charge in [-0.15, -0.1) is 0 Å². The summed E-state index contributed by atoms with van der Waals surface area (Å²) in [5.41, 5.74) is 2.68. The molecule has 1 aliphatic carbocycles. The van der Waals surface area contributed by atoms with Gasteiger partial charge in [0.15, 0.2) is 15.6 Å². The number of Topliss-reactive ketones (excluding diaryl/α,β-unsaturated/α-hetero) is 1. The predicted molar refractivity (Wildman–Crippen MR) is 261 cm³/mol. The van der Waals surface area contributed by atoms with Crippen molar-refractivity contribution >= 4 is 70.9 Å². The van der Waals surface area contributed by atoms with Crippen LogP contribution in [0, 0.1) is 15.5 Å². The second-order valence-electron chi connectivity index (χ2n) is 18.7.